The Labute approximate surface area is 136 Å². The molecule has 3 aliphatic rings. The van der Waals surface area contributed by atoms with Crippen molar-refractivity contribution in [2.24, 2.45) is 0 Å². The minimum atomic E-state index is -0.720. The van der Waals surface area contributed by atoms with Crippen LogP contribution in [0.1, 0.15) is 12.0 Å². The molecule has 8 heteroatoms. The highest BCUT2D eigenvalue weighted by atomic mass is 35.5. The van der Waals surface area contributed by atoms with Crippen LogP contribution in [0.25, 0.3) is 0 Å². The van der Waals surface area contributed by atoms with E-state index in [9.17, 15) is 9.59 Å². The number of hydrogen-bond donors (Lipinski definition) is 1. The van der Waals surface area contributed by atoms with Gasteiger partial charge in [0.15, 0.2) is 11.5 Å². The second-order valence-corrected chi connectivity index (χ2v) is 7.03. The maximum Gasteiger partial charge on any atom is 0.325 e. The van der Waals surface area contributed by atoms with E-state index in [0.717, 1.165) is 11.3 Å². The third kappa shape index (κ3) is 2.03. The summed E-state index contributed by atoms with van der Waals surface area (Å²) in [5.41, 5.74) is 0.0162. The van der Waals surface area contributed by atoms with E-state index < -0.39 is 5.54 Å². The van der Waals surface area contributed by atoms with Gasteiger partial charge in [0.05, 0.1) is 11.6 Å². The molecule has 3 aliphatic heterocycles. The van der Waals surface area contributed by atoms with Crippen LogP contribution < -0.4 is 14.8 Å². The molecule has 116 valence electrons. The first kappa shape index (κ1) is 14.0. The Morgan fingerprint density at radius 3 is 3.00 bits per heavy atom. The lowest BCUT2D eigenvalue weighted by Gasteiger charge is -2.19. The Morgan fingerprint density at radius 2 is 2.23 bits per heavy atom. The van der Waals surface area contributed by atoms with Gasteiger partial charge in [-0.3, -0.25) is 9.69 Å². The van der Waals surface area contributed by atoms with E-state index >= 15 is 0 Å². The summed E-state index contributed by atoms with van der Waals surface area (Å²) in [4.78, 5) is 26.0. The molecule has 0 unspecified atom stereocenters. The van der Waals surface area contributed by atoms with Crippen LogP contribution in [0.2, 0.25) is 5.02 Å². The molecule has 0 aromatic heterocycles. The van der Waals surface area contributed by atoms with Gasteiger partial charge >= 0.3 is 6.03 Å². The number of ether oxygens (including phenoxy) is 2. The Kier molecular flexibility index (Phi) is 3.16. The molecule has 1 N–H and O–H groups in total. The van der Waals surface area contributed by atoms with E-state index in [2.05, 4.69) is 5.32 Å². The number of urea groups is 1. The number of hydrogen-bond acceptors (Lipinski definition) is 5. The lowest BCUT2D eigenvalue weighted by Crippen LogP contribution is -2.46. The van der Waals surface area contributed by atoms with Gasteiger partial charge in [-0.2, -0.15) is 11.8 Å². The second kappa shape index (κ2) is 4.96. The molecule has 4 rings (SSSR count). The van der Waals surface area contributed by atoms with Gasteiger partial charge in [-0.1, -0.05) is 11.6 Å². The molecule has 6 nitrogen and oxygen atoms in total. The van der Waals surface area contributed by atoms with Crippen LogP contribution in [-0.4, -0.2) is 40.7 Å². The van der Waals surface area contributed by atoms with Crippen molar-refractivity contribution in [3.05, 3.63) is 22.7 Å². The summed E-state index contributed by atoms with van der Waals surface area (Å²) in [6, 6.07) is 3.11. The molecule has 0 bridgehead atoms. The smallest absolute Gasteiger partial charge is 0.325 e. The number of amides is 3. The highest BCUT2D eigenvalue weighted by molar-refractivity contribution is 7.99. The van der Waals surface area contributed by atoms with Gasteiger partial charge in [0.2, 0.25) is 6.79 Å². The second-order valence-electron chi connectivity index (χ2n) is 5.52. The summed E-state index contributed by atoms with van der Waals surface area (Å²) in [7, 11) is 0. The predicted octanol–water partition coefficient (Wildman–Crippen LogP) is 2.00. The number of carbonyl (C=O) groups is 2. The summed E-state index contributed by atoms with van der Waals surface area (Å²) in [6.45, 7) is 0.301. The molecule has 1 spiro atoms. The molecule has 2 saturated heterocycles. The lowest BCUT2D eigenvalue weighted by atomic mass is 9.99. The Morgan fingerprint density at radius 1 is 1.36 bits per heavy atom. The van der Waals surface area contributed by atoms with Crippen molar-refractivity contribution in [1.29, 1.82) is 0 Å². The van der Waals surface area contributed by atoms with E-state index in [0.29, 0.717) is 28.7 Å². The van der Waals surface area contributed by atoms with Crippen LogP contribution in [-0.2, 0) is 11.3 Å². The normalized spacial score (nSPS) is 26.1. The number of halogens is 1. The van der Waals surface area contributed by atoms with Gasteiger partial charge in [0.25, 0.3) is 5.91 Å². The number of benzene rings is 1. The van der Waals surface area contributed by atoms with E-state index in [-0.39, 0.29) is 25.3 Å². The van der Waals surface area contributed by atoms with Crippen LogP contribution in [0, 0.1) is 0 Å². The maximum atomic E-state index is 12.6. The van der Waals surface area contributed by atoms with E-state index in [4.69, 9.17) is 21.1 Å². The lowest BCUT2D eigenvalue weighted by molar-refractivity contribution is -0.130. The zero-order chi connectivity index (χ0) is 15.3. The number of nitrogens with zero attached hydrogens (tertiary/aromatic N) is 1. The van der Waals surface area contributed by atoms with Crippen LogP contribution in [0.5, 0.6) is 11.5 Å². The van der Waals surface area contributed by atoms with Gasteiger partial charge in [0, 0.05) is 5.75 Å². The Hall–Kier alpha value is -1.60. The number of imide groups is 1. The number of fused-ring (bicyclic) bond motifs is 1. The molecule has 0 aliphatic carbocycles. The predicted molar refractivity (Wildman–Crippen MR) is 81.3 cm³/mol. The maximum absolute atomic E-state index is 12.6. The highest BCUT2D eigenvalue weighted by Gasteiger charge is 2.52. The van der Waals surface area contributed by atoms with Gasteiger partial charge in [-0.05, 0) is 29.9 Å². The quantitative estimate of drug-likeness (QED) is 0.834. The summed E-state index contributed by atoms with van der Waals surface area (Å²) in [5, 5.41) is 3.26. The SMILES string of the molecule is O=C1N[C@]2(CCSC2)C(=O)N1Cc1cc(Cl)c2c(c1)OCO2. The van der Waals surface area contributed by atoms with Crippen LogP contribution in [0.4, 0.5) is 4.79 Å². The van der Waals surface area contributed by atoms with Crippen molar-refractivity contribution in [3.8, 4) is 11.5 Å². The molecule has 3 amide bonds. The molecule has 3 heterocycles. The monoisotopic (exact) mass is 340 g/mol. The fraction of sp³-hybridized carbons (Fsp3) is 0.429. The minimum Gasteiger partial charge on any atom is -0.454 e. The first-order valence-electron chi connectivity index (χ1n) is 6.89. The molecule has 2 fully saturated rings. The Bertz CT molecular complexity index is 675. The zero-order valence-electron chi connectivity index (χ0n) is 11.6. The Balaban J connectivity index is 1.60. The molecule has 0 saturated carbocycles. The topological polar surface area (TPSA) is 67.9 Å². The number of carbonyl (C=O) groups excluding carboxylic acids is 2. The molecule has 1 aromatic rings. The average molecular weight is 341 g/mol. The number of thioether (sulfide) groups is 1. The fourth-order valence-electron chi connectivity index (χ4n) is 2.95. The third-order valence-electron chi connectivity index (χ3n) is 4.10. The molecule has 0 radical (unpaired) electrons. The molecular formula is C14H13ClN2O4S. The summed E-state index contributed by atoms with van der Waals surface area (Å²) < 4.78 is 10.6. The summed E-state index contributed by atoms with van der Waals surface area (Å²) in [6.07, 6.45) is 0.681. The zero-order valence-corrected chi connectivity index (χ0v) is 13.1. The van der Waals surface area contributed by atoms with Crippen LogP contribution in [0.15, 0.2) is 12.1 Å². The van der Waals surface area contributed by atoms with Crippen molar-refractivity contribution in [3.63, 3.8) is 0 Å². The third-order valence-corrected chi connectivity index (χ3v) is 5.57. The van der Waals surface area contributed by atoms with Crippen molar-refractivity contribution < 1.29 is 19.1 Å². The van der Waals surface area contributed by atoms with Crippen molar-refractivity contribution >= 4 is 35.3 Å². The number of rotatable bonds is 2. The van der Waals surface area contributed by atoms with Crippen molar-refractivity contribution in [2.75, 3.05) is 18.3 Å². The van der Waals surface area contributed by atoms with Crippen LogP contribution >= 0.6 is 23.4 Å². The minimum absolute atomic E-state index is 0.127. The van der Waals surface area contributed by atoms with E-state index in [1.54, 1.807) is 23.9 Å². The highest BCUT2D eigenvalue weighted by Crippen LogP contribution is 2.40. The summed E-state index contributed by atoms with van der Waals surface area (Å²) >= 11 is 7.82. The first-order chi connectivity index (χ1) is 10.6. The van der Waals surface area contributed by atoms with Gasteiger partial charge < -0.3 is 14.8 Å². The van der Waals surface area contributed by atoms with E-state index in [1.165, 1.54) is 4.90 Å². The standard InChI is InChI=1S/C14H13ClN2O4S/c15-9-3-8(4-10-11(9)21-7-20-10)5-17-12(18)14(16-13(17)19)1-2-22-6-14/h3-4H,1-2,5-7H2,(H,16,19)/t14-/m0/s1. The average Bonchev–Trinajstić information content (AvgIpc) is 3.17. The molecule has 1 aromatic carbocycles. The van der Waals surface area contributed by atoms with Gasteiger partial charge in [-0.15, -0.1) is 0 Å². The van der Waals surface area contributed by atoms with Crippen molar-refractivity contribution in [1.82, 2.24) is 10.2 Å². The van der Waals surface area contributed by atoms with Gasteiger partial charge in [-0.25, -0.2) is 4.79 Å². The molecule has 1 atom stereocenters. The largest absolute Gasteiger partial charge is 0.454 e. The number of nitrogens with one attached hydrogen (secondary N) is 1. The van der Waals surface area contributed by atoms with Gasteiger partial charge in [0.1, 0.15) is 5.54 Å². The molecular weight excluding hydrogens is 328 g/mol. The van der Waals surface area contributed by atoms with Crippen molar-refractivity contribution in [2.45, 2.75) is 18.5 Å². The first-order valence-corrected chi connectivity index (χ1v) is 8.42. The van der Waals surface area contributed by atoms with E-state index in [1.807, 2.05) is 0 Å². The fourth-order valence-corrected chi connectivity index (χ4v) is 4.56. The van der Waals surface area contributed by atoms with Crippen LogP contribution in [0.3, 0.4) is 0 Å². The molecule has 22 heavy (non-hydrogen) atoms. The summed E-state index contributed by atoms with van der Waals surface area (Å²) in [5.74, 6) is 2.41.